The first kappa shape index (κ1) is 11.8. The van der Waals surface area contributed by atoms with E-state index in [9.17, 15) is 4.79 Å². The molecule has 1 aliphatic rings. The van der Waals surface area contributed by atoms with Crippen molar-refractivity contribution in [2.75, 3.05) is 12.4 Å². The van der Waals surface area contributed by atoms with E-state index in [0.29, 0.717) is 23.0 Å². The van der Waals surface area contributed by atoms with Gasteiger partial charge in [-0.05, 0) is 31.0 Å². The summed E-state index contributed by atoms with van der Waals surface area (Å²) < 4.78 is 5.19. The van der Waals surface area contributed by atoms with Crippen molar-refractivity contribution < 1.29 is 9.53 Å². The standard InChI is InChI=1S/C14H15N3O2/c1-19-13-5-3-2-4-10(13)15-14(18)12-8-11(16-17-12)9-6-7-9/h2-5,8-9H,6-7H2,1H3,(H,15,18)(H,16,17). The summed E-state index contributed by atoms with van der Waals surface area (Å²) in [6.07, 6.45) is 2.35. The van der Waals surface area contributed by atoms with E-state index < -0.39 is 0 Å². The number of methoxy groups -OCH3 is 1. The Bertz CT molecular complexity index is 602. The molecular weight excluding hydrogens is 242 g/mol. The summed E-state index contributed by atoms with van der Waals surface area (Å²) in [5.74, 6) is 0.960. The molecule has 1 saturated carbocycles. The van der Waals surface area contributed by atoms with Crippen LogP contribution in [-0.4, -0.2) is 23.2 Å². The van der Waals surface area contributed by atoms with Crippen molar-refractivity contribution in [1.29, 1.82) is 0 Å². The number of aromatic nitrogens is 2. The predicted octanol–water partition coefficient (Wildman–Crippen LogP) is 2.55. The minimum atomic E-state index is -0.229. The van der Waals surface area contributed by atoms with Crippen LogP contribution in [0.5, 0.6) is 5.75 Å². The number of nitrogens with one attached hydrogen (secondary N) is 2. The molecule has 5 heteroatoms. The van der Waals surface area contributed by atoms with Gasteiger partial charge >= 0.3 is 0 Å². The molecule has 0 bridgehead atoms. The van der Waals surface area contributed by atoms with Gasteiger partial charge in [0.05, 0.1) is 12.8 Å². The SMILES string of the molecule is COc1ccccc1NC(=O)c1cc(C2CC2)[nH]n1. The molecule has 1 amide bonds. The summed E-state index contributed by atoms with van der Waals surface area (Å²) >= 11 is 0. The summed E-state index contributed by atoms with van der Waals surface area (Å²) in [6, 6.07) is 9.12. The van der Waals surface area contributed by atoms with E-state index in [0.717, 1.165) is 5.69 Å². The fourth-order valence-corrected chi connectivity index (χ4v) is 1.99. The van der Waals surface area contributed by atoms with Crippen LogP contribution in [0, 0.1) is 0 Å². The molecule has 5 nitrogen and oxygen atoms in total. The van der Waals surface area contributed by atoms with Crippen LogP contribution in [0.15, 0.2) is 30.3 Å². The molecule has 98 valence electrons. The number of benzene rings is 1. The summed E-state index contributed by atoms with van der Waals surface area (Å²) in [5.41, 5.74) is 2.10. The van der Waals surface area contributed by atoms with Crippen LogP contribution < -0.4 is 10.1 Å². The third-order valence-corrected chi connectivity index (χ3v) is 3.20. The fourth-order valence-electron chi connectivity index (χ4n) is 1.99. The molecule has 1 heterocycles. The highest BCUT2D eigenvalue weighted by molar-refractivity contribution is 6.03. The number of H-pyrrole nitrogens is 1. The van der Waals surface area contributed by atoms with Crippen LogP contribution in [0.1, 0.15) is 34.9 Å². The average molecular weight is 257 g/mol. The zero-order chi connectivity index (χ0) is 13.2. The number of aromatic amines is 1. The van der Waals surface area contributed by atoms with Crippen LogP contribution in [0.25, 0.3) is 0 Å². The van der Waals surface area contributed by atoms with E-state index in [1.165, 1.54) is 12.8 Å². The van der Waals surface area contributed by atoms with E-state index >= 15 is 0 Å². The number of amides is 1. The summed E-state index contributed by atoms with van der Waals surface area (Å²) in [4.78, 5) is 12.1. The minimum absolute atomic E-state index is 0.229. The summed E-state index contributed by atoms with van der Waals surface area (Å²) in [6.45, 7) is 0. The number of carbonyl (C=O) groups is 1. The lowest BCUT2D eigenvalue weighted by Crippen LogP contribution is -2.13. The minimum Gasteiger partial charge on any atom is -0.495 e. The van der Waals surface area contributed by atoms with Crippen LogP contribution in [0.2, 0.25) is 0 Å². The third-order valence-electron chi connectivity index (χ3n) is 3.20. The topological polar surface area (TPSA) is 67.0 Å². The molecule has 3 rings (SSSR count). The number of para-hydroxylation sites is 2. The number of hydrogen-bond acceptors (Lipinski definition) is 3. The number of carbonyl (C=O) groups excluding carboxylic acids is 1. The van der Waals surface area contributed by atoms with Crippen molar-refractivity contribution in [2.24, 2.45) is 0 Å². The Kier molecular flexibility index (Phi) is 2.95. The Hall–Kier alpha value is -2.30. The number of hydrogen-bond donors (Lipinski definition) is 2. The second-order valence-electron chi connectivity index (χ2n) is 4.64. The molecule has 19 heavy (non-hydrogen) atoms. The van der Waals surface area contributed by atoms with Gasteiger partial charge in [-0.2, -0.15) is 5.10 Å². The van der Waals surface area contributed by atoms with Crippen LogP contribution in [0.3, 0.4) is 0 Å². The van der Waals surface area contributed by atoms with Crippen molar-refractivity contribution in [3.8, 4) is 5.75 Å². The number of rotatable bonds is 4. The molecule has 2 aromatic rings. The molecule has 0 saturated heterocycles. The van der Waals surface area contributed by atoms with E-state index in [4.69, 9.17) is 4.74 Å². The normalized spacial score (nSPS) is 14.2. The van der Waals surface area contributed by atoms with E-state index in [-0.39, 0.29) is 5.91 Å². The van der Waals surface area contributed by atoms with Crippen LogP contribution in [0.4, 0.5) is 5.69 Å². The lowest BCUT2D eigenvalue weighted by atomic mass is 10.2. The first-order chi connectivity index (χ1) is 9.28. The van der Waals surface area contributed by atoms with Crippen molar-refractivity contribution >= 4 is 11.6 Å². The molecule has 1 aromatic carbocycles. The van der Waals surface area contributed by atoms with Gasteiger partial charge in [0.1, 0.15) is 5.75 Å². The molecule has 0 atom stereocenters. The molecule has 0 radical (unpaired) electrons. The maximum Gasteiger partial charge on any atom is 0.276 e. The first-order valence-corrected chi connectivity index (χ1v) is 6.27. The van der Waals surface area contributed by atoms with Gasteiger partial charge in [0.25, 0.3) is 5.91 Å². The highest BCUT2D eigenvalue weighted by Crippen LogP contribution is 2.39. The van der Waals surface area contributed by atoms with Gasteiger partial charge in [-0.1, -0.05) is 12.1 Å². The largest absolute Gasteiger partial charge is 0.495 e. The highest BCUT2D eigenvalue weighted by Gasteiger charge is 2.26. The van der Waals surface area contributed by atoms with Crippen molar-refractivity contribution in [3.63, 3.8) is 0 Å². The van der Waals surface area contributed by atoms with Crippen LogP contribution >= 0.6 is 0 Å². The van der Waals surface area contributed by atoms with Gasteiger partial charge in [0, 0.05) is 11.6 Å². The van der Waals surface area contributed by atoms with E-state index in [1.807, 2.05) is 18.2 Å². The Balaban J connectivity index is 1.76. The lowest BCUT2D eigenvalue weighted by Gasteiger charge is -2.08. The van der Waals surface area contributed by atoms with Gasteiger partial charge in [0.2, 0.25) is 0 Å². The van der Waals surface area contributed by atoms with Gasteiger partial charge in [-0.25, -0.2) is 0 Å². The maximum absolute atomic E-state index is 12.1. The van der Waals surface area contributed by atoms with Crippen molar-refractivity contribution in [2.45, 2.75) is 18.8 Å². The molecule has 1 aromatic heterocycles. The van der Waals surface area contributed by atoms with Gasteiger partial charge in [-0.15, -0.1) is 0 Å². The van der Waals surface area contributed by atoms with Gasteiger partial charge < -0.3 is 10.1 Å². The Morgan fingerprint density at radius 3 is 2.95 bits per heavy atom. The Morgan fingerprint density at radius 2 is 2.21 bits per heavy atom. The Labute approximate surface area is 111 Å². The maximum atomic E-state index is 12.1. The smallest absolute Gasteiger partial charge is 0.276 e. The first-order valence-electron chi connectivity index (χ1n) is 6.27. The zero-order valence-corrected chi connectivity index (χ0v) is 10.6. The average Bonchev–Trinajstić information content (AvgIpc) is 3.17. The zero-order valence-electron chi connectivity index (χ0n) is 10.6. The second kappa shape index (κ2) is 4.76. The van der Waals surface area contributed by atoms with Crippen molar-refractivity contribution in [3.05, 3.63) is 41.7 Å². The molecule has 1 aliphatic carbocycles. The third kappa shape index (κ3) is 2.45. The monoisotopic (exact) mass is 257 g/mol. The van der Waals surface area contributed by atoms with Gasteiger partial charge in [-0.3, -0.25) is 9.89 Å². The number of ether oxygens (including phenoxy) is 1. The summed E-state index contributed by atoms with van der Waals surface area (Å²) in [5, 5.41) is 9.78. The second-order valence-corrected chi connectivity index (χ2v) is 4.64. The molecule has 0 aliphatic heterocycles. The van der Waals surface area contributed by atoms with Crippen LogP contribution in [-0.2, 0) is 0 Å². The van der Waals surface area contributed by atoms with Gasteiger partial charge in [0.15, 0.2) is 5.69 Å². The number of nitrogens with zero attached hydrogens (tertiary/aromatic N) is 1. The van der Waals surface area contributed by atoms with E-state index in [1.54, 1.807) is 19.2 Å². The fraction of sp³-hybridized carbons (Fsp3) is 0.286. The van der Waals surface area contributed by atoms with Crippen molar-refractivity contribution in [1.82, 2.24) is 10.2 Å². The Morgan fingerprint density at radius 1 is 1.42 bits per heavy atom. The molecule has 2 N–H and O–H groups in total. The molecular formula is C14H15N3O2. The predicted molar refractivity (Wildman–Crippen MR) is 71.5 cm³/mol. The number of anilines is 1. The summed E-state index contributed by atoms with van der Waals surface area (Å²) in [7, 11) is 1.57. The molecule has 0 unspecified atom stereocenters. The lowest BCUT2D eigenvalue weighted by molar-refractivity contribution is 0.102. The highest BCUT2D eigenvalue weighted by atomic mass is 16.5. The van der Waals surface area contributed by atoms with E-state index in [2.05, 4.69) is 15.5 Å². The quantitative estimate of drug-likeness (QED) is 0.884. The molecule has 1 fully saturated rings. The molecule has 0 spiro atoms.